The number of rotatable bonds is 5. The highest BCUT2D eigenvalue weighted by atomic mass is 16.4. The first-order valence-electron chi connectivity index (χ1n) is 7.77. The Bertz CT molecular complexity index is 366. The zero-order valence-corrected chi connectivity index (χ0v) is 12.5. The summed E-state index contributed by atoms with van der Waals surface area (Å²) in [6.07, 6.45) is 4.69. The molecule has 0 radical (unpaired) electrons. The number of aliphatic carboxylic acids is 1. The molecule has 1 aliphatic carbocycles. The smallest absolute Gasteiger partial charge is 0.320 e. The molecule has 1 aliphatic heterocycles. The number of hydrogen-bond acceptors (Lipinski definition) is 2. The van der Waals surface area contributed by atoms with E-state index in [1.807, 2.05) is 4.90 Å². The second kappa shape index (κ2) is 6.46. The molecule has 5 nitrogen and oxygen atoms in total. The van der Waals surface area contributed by atoms with Gasteiger partial charge in [0, 0.05) is 25.7 Å². The van der Waals surface area contributed by atoms with Gasteiger partial charge < -0.3 is 14.9 Å². The van der Waals surface area contributed by atoms with Gasteiger partial charge in [0.25, 0.3) is 0 Å². The summed E-state index contributed by atoms with van der Waals surface area (Å²) in [6, 6.07) is 0.450. The zero-order valence-electron chi connectivity index (χ0n) is 12.5. The Kier molecular flexibility index (Phi) is 4.89. The number of carbonyl (C=O) groups excluding carboxylic acids is 1. The number of carboxylic acid groups (broad SMARTS) is 1. The van der Waals surface area contributed by atoms with Crippen LogP contribution in [0.5, 0.6) is 0 Å². The topological polar surface area (TPSA) is 60.9 Å². The second-order valence-electron chi connectivity index (χ2n) is 6.51. The minimum absolute atomic E-state index is 0.0547. The molecular weight excluding hydrogens is 256 g/mol. The summed E-state index contributed by atoms with van der Waals surface area (Å²) in [6.45, 7) is 6.20. The van der Waals surface area contributed by atoms with Crippen LogP contribution in [0.25, 0.3) is 0 Å². The molecule has 1 heterocycles. The Hall–Kier alpha value is -1.26. The SMILES string of the molecule is CC(C)CCN(C(=O)N1CCC[C@@H](C(=O)O)C1)C1CC1. The van der Waals surface area contributed by atoms with Gasteiger partial charge in [0.1, 0.15) is 0 Å². The van der Waals surface area contributed by atoms with Crippen molar-refractivity contribution in [2.24, 2.45) is 11.8 Å². The molecule has 2 amide bonds. The summed E-state index contributed by atoms with van der Waals surface area (Å²) in [7, 11) is 0. The van der Waals surface area contributed by atoms with Crippen LogP contribution in [0.15, 0.2) is 0 Å². The van der Waals surface area contributed by atoms with Crippen LogP contribution in [0.3, 0.4) is 0 Å². The van der Waals surface area contributed by atoms with Gasteiger partial charge in [-0.15, -0.1) is 0 Å². The molecule has 0 aromatic rings. The highest BCUT2D eigenvalue weighted by molar-refractivity contribution is 5.77. The Morgan fingerprint density at radius 3 is 2.55 bits per heavy atom. The van der Waals surface area contributed by atoms with E-state index < -0.39 is 5.97 Å². The number of piperidine rings is 1. The first-order chi connectivity index (χ1) is 9.49. The summed E-state index contributed by atoms with van der Waals surface area (Å²) < 4.78 is 0. The number of carbonyl (C=O) groups is 2. The maximum atomic E-state index is 12.6. The summed E-state index contributed by atoms with van der Waals surface area (Å²) >= 11 is 0. The third kappa shape index (κ3) is 3.87. The molecule has 2 aliphatic rings. The van der Waals surface area contributed by atoms with Gasteiger partial charge >= 0.3 is 12.0 Å². The van der Waals surface area contributed by atoms with E-state index in [1.165, 1.54) is 0 Å². The minimum Gasteiger partial charge on any atom is -0.481 e. The maximum Gasteiger partial charge on any atom is 0.320 e. The van der Waals surface area contributed by atoms with E-state index in [0.29, 0.717) is 31.5 Å². The molecule has 0 unspecified atom stereocenters. The molecule has 20 heavy (non-hydrogen) atoms. The lowest BCUT2D eigenvalue weighted by molar-refractivity contribution is -0.143. The maximum absolute atomic E-state index is 12.6. The van der Waals surface area contributed by atoms with Crippen molar-refractivity contribution in [2.75, 3.05) is 19.6 Å². The number of hydrogen-bond donors (Lipinski definition) is 1. The molecule has 0 aromatic carbocycles. The predicted octanol–water partition coefficient (Wildman–Crippen LogP) is 2.41. The zero-order chi connectivity index (χ0) is 14.7. The minimum atomic E-state index is -0.775. The van der Waals surface area contributed by atoms with E-state index in [9.17, 15) is 9.59 Å². The van der Waals surface area contributed by atoms with E-state index in [1.54, 1.807) is 4.90 Å². The van der Waals surface area contributed by atoms with E-state index in [-0.39, 0.29) is 11.9 Å². The summed E-state index contributed by atoms with van der Waals surface area (Å²) in [5.74, 6) is -0.585. The van der Waals surface area contributed by atoms with Crippen LogP contribution in [-0.2, 0) is 4.79 Å². The second-order valence-corrected chi connectivity index (χ2v) is 6.51. The van der Waals surface area contributed by atoms with Crippen molar-refractivity contribution < 1.29 is 14.7 Å². The first kappa shape index (κ1) is 15.1. The number of urea groups is 1. The van der Waals surface area contributed by atoms with E-state index >= 15 is 0 Å². The lowest BCUT2D eigenvalue weighted by Gasteiger charge is -2.35. The first-order valence-corrected chi connectivity index (χ1v) is 7.77. The summed E-state index contributed by atoms with van der Waals surface area (Å²) in [5, 5.41) is 9.12. The fourth-order valence-corrected chi connectivity index (χ4v) is 2.75. The molecular formula is C15H26N2O3. The molecule has 0 bridgehead atoms. The van der Waals surface area contributed by atoms with Gasteiger partial charge in [-0.05, 0) is 38.0 Å². The fraction of sp³-hybridized carbons (Fsp3) is 0.867. The van der Waals surface area contributed by atoms with Gasteiger partial charge in [-0.3, -0.25) is 4.79 Å². The monoisotopic (exact) mass is 282 g/mol. The van der Waals surface area contributed by atoms with Crippen LogP contribution in [0, 0.1) is 11.8 Å². The van der Waals surface area contributed by atoms with Gasteiger partial charge in [0.2, 0.25) is 0 Å². The van der Waals surface area contributed by atoms with Crippen molar-refractivity contribution >= 4 is 12.0 Å². The van der Waals surface area contributed by atoms with Crippen molar-refractivity contribution in [2.45, 2.75) is 52.0 Å². The molecule has 5 heteroatoms. The predicted molar refractivity (Wildman–Crippen MR) is 76.5 cm³/mol. The van der Waals surface area contributed by atoms with Crippen LogP contribution in [0.1, 0.15) is 46.0 Å². The summed E-state index contributed by atoms with van der Waals surface area (Å²) in [5.41, 5.74) is 0. The van der Waals surface area contributed by atoms with Crippen LogP contribution in [0.2, 0.25) is 0 Å². The average Bonchev–Trinajstić information content (AvgIpc) is 3.23. The fourth-order valence-electron chi connectivity index (χ4n) is 2.75. The highest BCUT2D eigenvalue weighted by Gasteiger charge is 2.37. The van der Waals surface area contributed by atoms with Gasteiger partial charge in [-0.1, -0.05) is 13.8 Å². The largest absolute Gasteiger partial charge is 0.481 e. The Morgan fingerprint density at radius 1 is 1.30 bits per heavy atom. The van der Waals surface area contributed by atoms with Crippen molar-refractivity contribution in [1.82, 2.24) is 9.80 Å². The number of nitrogens with zero attached hydrogens (tertiary/aromatic N) is 2. The highest BCUT2D eigenvalue weighted by Crippen LogP contribution is 2.29. The van der Waals surface area contributed by atoms with Crippen molar-refractivity contribution in [3.63, 3.8) is 0 Å². The normalized spacial score (nSPS) is 22.9. The quantitative estimate of drug-likeness (QED) is 0.842. The molecule has 1 atom stereocenters. The lowest BCUT2D eigenvalue weighted by atomic mass is 9.98. The van der Waals surface area contributed by atoms with Crippen molar-refractivity contribution in [1.29, 1.82) is 0 Å². The lowest BCUT2D eigenvalue weighted by Crippen LogP contribution is -2.49. The Balaban J connectivity index is 1.94. The average molecular weight is 282 g/mol. The summed E-state index contributed by atoms with van der Waals surface area (Å²) in [4.78, 5) is 27.4. The van der Waals surface area contributed by atoms with Gasteiger partial charge in [0.15, 0.2) is 0 Å². The molecule has 2 fully saturated rings. The van der Waals surface area contributed by atoms with Crippen molar-refractivity contribution in [3.8, 4) is 0 Å². The molecule has 114 valence electrons. The van der Waals surface area contributed by atoms with Gasteiger partial charge in [-0.25, -0.2) is 4.79 Å². The van der Waals surface area contributed by atoms with E-state index in [0.717, 1.165) is 32.2 Å². The molecule has 0 spiro atoms. The Morgan fingerprint density at radius 2 is 2.00 bits per heavy atom. The third-order valence-corrected chi connectivity index (χ3v) is 4.22. The van der Waals surface area contributed by atoms with E-state index in [4.69, 9.17) is 5.11 Å². The van der Waals surface area contributed by atoms with Crippen LogP contribution in [0.4, 0.5) is 4.79 Å². The molecule has 1 saturated heterocycles. The van der Waals surface area contributed by atoms with Gasteiger partial charge in [-0.2, -0.15) is 0 Å². The Labute approximate surface area is 120 Å². The van der Waals surface area contributed by atoms with Gasteiger partial charge in [0.05, 0.1) is 5.92 Å². The van der Waals surface area contributed by atoms with Crippen LogP contribution < -0.4 is 0 Å². The third-order valence-electron chi connectivity index (χ3n) is 4.22. The number of likely N-dealkylation sites (tertiary alicyclic amines) is 1. The molecule has 0 aromatic heterocycles. The van der Waals surface area contributed by atoms with Crippen LogP contribution >= 0.6 is 0 Å². The van der Waals surface area contributed by atoms with E-state index in [2.05, 4.69) is 13.8 Å². The number of carboxylic acids is 1. The van der Waals surface area contributed by atoms with Crippen LogP contribution in [-0.4, -0.2) is 52.6 Å². The molecule has 1 saturated carbocycles. The van der Waals surface area contributed by atoms with Crippen molar-refractivity contribution in [3.05, 3.63) is 0 Å². The molecule has 1 N–H and O–H groups in total. The molecule has 2 rings (SSSR count). The number of amides is 2. The standard InChI is InChI=1S/C15H26N2O3/c1-11(2)7-9-17(13-5-6-13)15(20)16-8-3-4-12(10-16)14(18)19/h11-13H,3-10H2,1-2H3,(H,18,19)/t12-/m1/s1.